The second kappa shape index (κ2) is 8.99. The Bertz CT molecular complexity index is 900. The molecule has 0 aliphatic carbocycles. The Kier molecular flexibility index (Phi) is 6.22. The van der Waals surface area contributed by atoms with Crippen molar-refractivity contribution in [3.8, 4) is 17.2 Å². The molecule has 0 radical (unpaired) electrons. The summed E-state index contributed by atoms with van der Waals surface area (Å²) in [6, 6.07) is 16.8. The van der Waals surface area contributed by atoms with E-state index in [0.29, 0.717) is 17.2 Å². The predicted molar refractivity (Wildman–Crippen MR) is 108 cm³/mol. The molecule has 3 rings (SSSR count). The van der Waals surface area contributed by atoms with Crippen LogP contribution >= 0.6 is 0 Å². The number of nitrogens with zero attached hydrogens (tertiary/aromatic N) is 1. The lowest BCUT2D eigenvalue weighted by molar-refractivity contribution is -0.116. The van der Waals surface area contributed by atoms with Gasteiger partial charge in [0, 0.05) is 36.3 Å². The summed E-state index contributed by atoms with van der Waals surface area (Å²) in [6.45, 7) is 0. The SMILES string of the molecule is COc1cc(NC(=O)C[C@@H](c2cccc(OC)c2)n2cccc2)cc(OC)c1. The third-order valence-corrected chi connectivity index (χ3v) is 4.48. The summed E-state index contributed by atoms with van der Waals surface area (Å²) in [4.78, 5) is 12.8. The molecule has 146 valence electrons. The average molecular weight is 380 g/mol. The highest BCUT2D eigenvalue weighted by molar-refractivity contribution is 5.91. The normalized spacial score (nSPS) is 11.5. The van der Waals surface area contributed by atoms with E-state index in [0.717, 1.165) is 11.3 Å². The first-order valence-corrected chi connectivity index (χ1v) is 8.92. The molecular formula is C22H24N2O4. The van der Waals surface area contributed by atoms with Crippen LogP contribution in [0.25, 0.3) is 0 Å². The molecule has 1 heterocycles. The van der Waals surface area contributed by atoms with Gasteiger partial charge in [-0.25, -0.2) is 0 Å². The summed E-state index contributed by atoms with van der Waals surface area (Å²) >= 11 is 0. The maximum atomic E-state index is 12.8. The van der Waals surface area contributed by atoms with Gasteiger partial charge in [0.15, 0.2) is 0 Å². The summed E-state index contributed by atoms with van der Waals surface area (Å²) < 4.78 is 17.9. The lowest BCUT2D eigenvalue weighted by Gasteiger charge is -2.20. The number of rotatable bonds is 8. The highest BCUT2D eigenvalue weighted by Crippen LogP contribution is 2.28. The molecule has 6 heteroatoms. The average Bonchev–Trinajstić information content (AvgIpc) is 3.26. The second-order valence-electron chi connectivity index (χ2n) is 6.28. The summed E-state index contributed by atoms with van der Waals surface area (Å²) in [6.07, 6.45) is 4.17. The van der Waals surface area contributed by atoms with E-state index >= 15 is 0 Å². The number of amides is 1. The second-order valence-corrected chi connectivity index (χ2v) is 6.28. The minimum absolute atomic E-state index is 0.114. The fraction of sp³-hybridized carbons (Fsp3) is 0.227. The third kappa shape index (κ3) is 4.65. The van der Waals surface area contributed by atoms with Gasteiger partial charge >= 0.3 is 0 Å². The van der Waals surface area contributed by atoms with Crippen LogP contribution in [0.2, 0.25) is 0 Å². The van der Waals surface area contributed by atoms with Gasteiger partial charge in [-0.1, -0.05) is 12.1 Å². The molecule has 1 atom stereocenters. The van der Waals surface area contributed by atoms with Gasteiger partial charge < -0.3 is 24.1 Å². The van der Waals surface area contributed by atoms with Crippen LogP contribution in [0, 0.1) is 0 Å². The van der Waals surface area contributed by atoms with Crippen LogP contribution in [0.15, 0.2) is 67.0 Å². The number of carbonyl (C=O) groups excluding carboxylic acids is 1. The molecular weight excluding hydrogens is 356 g/mol. The molecule has 6 nitrogen and oxygen atoms in total. The Labute approximate surface area is 164 Å². The number of aromatic nitrogens is 1. The molecule has 0 saturated carbocycles. The van der Waals surface area contributed by atoms with E-state index in [4.69, 9.17) is 14.2 Å². The molecule has 0 saturated heterocycles. The van der Waals surface area contributed by atoms with Gasteiger partial charge in [-0.2, -0.15) is 0 Å². The Balaban J connectivity index is 1.82. The van der Waals surface area contributed by atoms with Crippen LogP contribution in [0.4, 0.5) is 5.69 Å². The molecule has 0 aliphatic heterocycles. The topological polar surface area (TPSA) is 61.7 Å². The monoisotopic (exact) mass is 380 g/mol. The Morgan fingerprint density at radius 2 is 1.54 bits per heavy atom. The van der Waals surface area contributed by atoms with Crippen LogP contribution < -0.4 is 19.5 Å². The van der Waals surface area contributed by atoms with E-state index in [-0.39, 0.29) is 18.4 Å². The van der Waals surface area contributed by atoms with Crippen molar-refractivity contribution < 1.29 is 19.0 Å². The highest BCUT2D eigenvalue weighted by Gasteiger charge is 2.18. The first-order valence-electron chi connectivity index (χ1n) is 8.92. The van der Waals surface area contributed by atoms with E-state index in [2.05, 4.69) is 5.32 Å². The van der Waals surface area contributed by atoms with Crippen molar-refractivity contribution in [2.75, 3.05) is 26.6 Å². The largest absolute Gasteiger partial charge is 0.497 e. The van der Waals surface area contributed by atoms with Gasteiger partial charge in [-0.3, -0.25) is 4.79 Å². The van der Waals surface area contributed by atoms with Crippen molar-refractivity contribution in [1.82, 2.24) is 4.57 Å². The zero-order valence-corrected chi connectivity index (χ0v) is 16.2. The molecule has 1 N–H and O–H groups in total. The fourth-order valence-corrected chi connectivity index (χ4v) is 3.07. The Morgan fingerprint density at radius 3 is 2.14 bits per heavy atom. The van der Waals surface area contributed by atoms with Gasteiger partial charge in [-0.15, -0.1) is 0 Å². The Morgan fingerprint density at radius 1 is 0.893 bits per heavy atom. The molecule has 1 aromatic heterocycles. The molecule has 0 aliphatic rings. The molecule has 2 aromatic carbocycles. The third-order valence-electron chi connectivity index (χ3n) is 4.48. The smallest absolute Gasteiger partial charge is 0.226 e. The molecule has 1 amide bonds. The summed E-state index contributed by atoms with van der Waals surface area (Å²) in [5.74, 6) is 1.87. The van der Waals surface area contributed by atoms with Crippen molar-refractivity contribution in [2.45, 2.75) is 12.5 Å². The van der Waals surface area contributed by atoms with E-state index in [9.17, 15) is 4.79 Å². The van der Waals surface area contributed by atoms with Crippen LogP contribution in [0.5, 0.6) is 17.2 Å². The van der Waals surface area contributed by atoms with Crippen molar-refractivity contribution in [3.05, 3.63) is 72.6 Å². The van der Waals surface area contributed by atoms with Gasteiger partial charge in [-0.05, 0) is 29.8 Å². The molecule has 28 heavy (non-hydrogen) atoms. The fourth-order valence-electron chi connectivity index (χ4n) is 3.07. The number of carbonyl (C=O) groups is 1. The quantitative estimate of drug-likeness (QED) is 0.638. The van der Waals surface area contributed by atoms with Crippen LogP contribution in [-0.4, -0.2) is 31.8 Å². The van der Waals surface area contributed by atoms with E-state index in [1.165, 1.54) is 0 Å². The molecule has 0 bridgehead atoms. The molecule has 3 aromatic rings. The van der Waals surface area contributed by atoms with Crippen LogP contribution in [0.3, 0.4) is 0 Å². The van der Waals surface area contributed by atoms with Gasteiger partial charge in [0.25, 0.3) is 0 Å². The lowest BCUT2D eigenvalue weighted by Crippen LogP contribution is -2.19. The summed E-state index contributed by atoms with van der Waals surface area (Å²) in [7, 11) is 4.78. The van der Waals surface area contributed by atoms with Gasteiger partial charge in [0.1, 0.15) is 17.2 Å². The zero-order chi connectivity index (χ0) is 19.9. The number of hydrogen-bond donors (Lipinski definition) is 1. The van der Waals surface area contributed by atoms with Crippen molar-refractivity contribution in [1.29, 1.82) is 0 Å². The van der Waals surface area contributed by atoms with Gasteiger partial charge in [0.2, 0.25) is 5.91 Å². The first kappa shape index (κ1) is 19.4. The minimum Gasteiger partial charge on any atom is -0.497 e. The number of anilines is 1. The zero-order valence-electron chi connectivity index (χ0n) is 16.2. The van der Waals surface area contributed by atoms with Crippen molar-refractivity contribution in [2.24, 2.45) is 0 Å². The summed E-state index contributed by atoms with van der Waals surface area (Å²) in [5, 5.41) is 2.94. The summed E-state index contributed by atoms with van der Waals surface area (Å²) in [5.41, 5.74) is 1.62. The number of nitrogens with one attached hydrogen (secondary N) is 1. The van der Waals surface area contributed by atoms with E-state index in [1.807, 2.05) is 53.4 Å². The van der Waals surface area contributed by atoms with Crippen molar-refractivity contribution >= 4 is 11.6 Å². The number of hydrogen-bond acceptors (Lipinski definition) is 4. The Hall–Kier alpha value is -3.41. The maximum absolute atomic E-state index is 12.8. The number of methoxy groups -OCH3 is 3. The van der Waals surface area contributed by atoms with Gasteiger partial charge in [0.05, 0.1) is 33.8 Å². The standard InChI is InChI=1S/C22H24N2O4/c1-26-18-8-6-7-16(11-18)21(24-9-4-5-10-24)15-22(25)23-17-12-19(27-2)14-20(13-17)28-3/h4-14,21H,15H2,1-3H3,(H,23,25)/t21-/m0/s1. The molecule has 0 unspecified atom stereocenters. The number of benzene rings is 2. The highest BCUT2D eigenvalue weighted by atomic mass is 16.5. The van der Waals surface area contributed by atoms with Crippen molar-refractivity contribution in [3.63, 3.8) is 0 Å². The molecule has 0 fully saturated rings. The minimum atomic E-state index is -0.155. The lowest BCUT2D eigenvalue weighted by atomic mass is 10.0. The first-order chi connectivity index (χ1) is 13.6. The van der Waals surface area contributed by atoms with Crippen LogP contribution in [-0.2, 0) is 4.79 Å². The predicted octanol–water partition coefficient (Wildman–Crippen LogP) is 4.13. The van der Waals surface area contributed by atoms with E-state index < -0.39 is 0 Å². The molecule has 0 spiro atoms. The van der Waals surface area contributed by atoms with E-state index in [1.54, 1.807) is 39.5 Å². The van der Waals surface area contributed by atoms with Crippen LogP contribution in [0.1, 0.15) is 18.0 Å². The maximum Gasteiger partial charge on any atom is 0.226 e. The number of ether oxygens (including phenoxy) is 3.